The summed E-state index contributed by atoms with van der Waals surface area (Å²) in [6, 6.07) is 9.57. The van der Waals surface area contributed by atoms with Crippen molar-refractivity contribution in [2.45, 2.75) is 32.3 Å². The first-order valence-electron chi connectivity index (χ1n) is 8.29. The number of nitrogens with one attached hydrogen (secondary N) is 1. The molecule has 1 aliphatic heterocycles. The highest BCUT2D eigenvalue weighted by molar-refractivity contribution is 5.59. The second-order valence-corrected chi connectivity index (χ2v) is 5.70. The molecule has 1 saturated heterocycles. The van der Waals surface area contributed by atoms with E-state index in [1.54, 1.807) is 0 Å². The average Bonchev–Trinajstić information content (AvgIpc) is 3.28. The van der Waals surface area contributed by atoms with E-state index in [1.165, 1.54) is 0 Å². The van der Waals surface area contributed by atoms with Crippen LogP contribution < -0.4 is 10.1 Å². The molecule has 1 N–H and O–H groups in total. The van der Waals surface area contributed by atoms with Crippen LogP contribution in [0.2, 0.25) is 0 Å². The lowest BCUT2D eigenvalue weighted by atomic mass is 10.2. The van der Waals surface area contributed by atoms with Crippen LogP contribution in [0.25, 0.3) is 11.5 Å². The third-order valence-corrected chi connectivity index (χ3v) is 3.82. The Morgan fingerprint density at radius 1 is 1.38 bits per heavy atom. The van der Waals surface area contributed by atoms with Gasteiger partial charge in [0.15, 0.2) is 0 Å². The fourth-order valence-electron chi connectivity index (χ4n) is 2.56. The number of aromatic nitrogens is 1. The summed E-state index contributed by atoms with van der Waals surface area (Å²) in [5.74, 6) is 1.63. The smallest absolute Gasteiger partial charge is 0.232 e. The molecular formula is C18H21N3O3. The molecule has 1 aliphatic rings. The molecule has 2 heterocycles. The summed E-state index contributed by atoms with van der Waals surface area (Å²) in [6.45, 7) is 4.17. The van der Waals surface area contributed by atoms with Gasteiger partial charge in [-0.3, -0.25) is 0 Å². The van der Waals surface area contributed by atoms with Crippen molar-refractivity contribution in [1.29, 1.82) is 5.26 Å². The summed E-state index contributed by atoms with van der Waals surface area (Å²) in [5, 5.41) is 12.4. The fourth-order valence-corrected chi connectivity index (χ4v) is 2.56. The predicted molar refractivity (Wildman–Crippen MR) is 89.9 cm³/mol. The number of benzene rings is 1. The molecule has 1 fully saturated rings. The van der Waals surface area contributed by atoms with Crippen molar-refractivity contribution in [3.05, 3.63) is 30.0 Å². The maximum absolute atomic E-state index is 9.25. The summed E-state index contributed by atoms with van der Waals surface area (Å²) >= 11 is 0. The maximum atomic E-state index is 9.25. The van der Waals surface area contributed by atoms with Crippen LogP contribution in [0.1, 0.15) is 31.9 Å². The fraction of sp³-hybridized carbons (Fsp3) is 0.444. The monoisotopic (exact) mass is 327 g/mol. The normalized spacial score (nSPS) is 16.8. The molecule has 0 aliphatic carbocycles. The van der Waals surface area contributed by atoms with Crippen molar-refractivity contribution in [2.24, 2.45) is 0 Å². The number of ether oxygens (including phenoxy) is 2. The molecule has 0 spiro atoms. The van der Waals surface area contributed by atoms with Crippen LogP contribution in [0.4, 0.5) is 5.88 Å². The topological polar surface area (TPSA) is 80.3 Å². The zero-order valence-corrected chi connectivity index (χ0v) is 13.7. The van der Waals surface area contributed by atoms with Crippen molar-refractivity contribution >= 4 is 5.88 Å². The van der Waals surface area contributed by atoms with Crippen LogP contribution in [-0.4, -0.2) is 30.8 Å². The molecule has 0 amide bonds. The van der Waals surface area contributed by atoms with Crippen molar-refractivity contribution in [3.8, 4) is 23.3 Å². The van der Waals surface area contributed by atoms with Gasteiger partial charge in [-0.2, -0.15) is 10.2 Å². The Morgan fingerprint density at radius 2 is 2.21 bits per heavy atom. The Labute approximate surface area is 141 Å². The van der Waals surface area contributed by atoms with Crippen molar-refractivity contribution in [3.63, 3.8) is 0 Å². The maximum Gasteiger partial charge on any atom is 0.232 e. The van der Waals surface area contributed by atoms with Crippen molar-refractivity contribution in [2.75, 3.05) is 25.1 Å². The van der Waals surface area contributed by atoms with E-state index in [9.17, 15) is 5.26 Å². The molecule has 1 aromatic heterocycles. The molecule has 0 unspecified atom stereocenters. The van der Waals surface area contributed by atoms with E-state index in [0.29, 0.717) is 24.9 Å². The predicted octanol–water partition coefficient (Wildman–Crippen LogP) is 3.59. The Morgan fingerprint density at radius 3 is 2.88 bits per heavy atom. The summed E-state index contributed by atoms with van der Waals surface area (Å²) in [7, 11) is 0. The van der Waals surface area contributed by atoms with Gasteiger partial charge in [-0.05, 0) is 43.5 Å². The Bertz CT molecular complexity index is 697. The highest BCUT2D eigenvalue weighted by Gasteiger charge is 2.19. The number of hydrogen-bond donors (Lipinski definition) is 1. The van der Waals surface area contributed by atoms with E-state index >= 15 is 0 Å². The van der Waals surface area contributed by atoms with E-state index in [2.05, 4.69) is 23.3 Å². The molecule has 3 rings (SSSR count). The number of rotatable bonds is 7. The SMILES string of the molecule is CCCOc1ccc(-c2nc(C#N)c(NC[C@@H]3CCCO3)o2)cc1. The van der Waals surface area contributed by atoms with E-state index in [1.807, 2.05) is 24.3 Å². The zero-order valence-electron chi connectivity index (χ0n) is 13.7. The molecule has 126 valence electrons. The Balaban J connectivity index is 1.70. The largest absolute Gasteiger partial charge is 0.494 e. The zero-order chi connectivity index (χ0) is 16.8. The minimum absolute atomic E-state index is 0.167. The molecule has 1 aromatic carbocycles. The van der Waals surface area contributed by atoms with Gasteiger partial charge in [0.25, 0.3) is 0 Å². The lowest BCUT2D eigenvalue weighted by Crippen LogP contribution is -2.18. The number of anilines is 1. The molecule has 0 bridgehead atoms. The third kappa shape index (κ3) is 3.87. The van der Waals surface area contributed by atoms with Gasteiger partial charge in [-0.15, -0.1) is 0 Å². The number of nitriles is 1. The molecule has 2 aromatic rings. The first-order chi connectivity index (χ1) is 11.8. The molecule has 0 radical (unpaired) electrons. The van der Waals surface area contributed by atoms with Gasteiger partial charge in [0.05, 0.1) is 12.7 Å². The summed E-state index contributed by atoms with van der Waals surface area (Å²) in [5.41, 5.74) is 1.06. The molecular weight excluding hydrogens is 306 g/mol. The van der Waals surface area contributed by atoms with Crippen LogP contribution in [0, 0.1) is 11.3 Å². The molecule has 24 heavy (non-hydrogen) atoms. The van der Waals surface area contributed by atoms with Crippen molar-refractivity contribution in [1.82, 2.24) is 4.98 Å². The van der Waals surface area contributed by atoms with Crippen LogP contribution in [0.5, 0.6) is 5.75 Å². The minimum Gasteiger partial charge on any atom is -0.494 e. The van der Waals surface area contributed by atoms with Crippen molar-refractivity contribution < 1.29 is 13.9 Å². The lowest BCUT2D eigenvalue weighted by Gasteiger charge is -2.09. The van der Waals surface area contributed by atoms with Gasteiger partial charge < -0.3 is 19.2 Å². The third-order valence-electron chi connectivity index (χ3n) is 3.82. The van der Waals surface area contributed by atoms with E-state index < -0.39 is 0 Å². The number of nitrogens with zero attached hydrogens (tertiary/aromatic N) is 2. The molecule has 0 saturated carbocycles. The Hall–Kier alpha value is -2.52. The molecule has 1 atom stereocenters. The molecule has 6 heteroatoms. The average molecular weight is 327 g/mol. The van der Waals surface area contributed by atoms with Gasteiger partial charge in [0, 0.05) is 18.7 Å². The molecule has 6 nitrogen and oxygen atoms in total. The van der Waals surface area contributed by atoms with Gasteiger partial charge in [0.1, 0.15) is 11.8 Å². The van der Waals surface area contributed by atoms with Crippen LogP contribution in [0.3, 0.4) is 0 Å². The van der Waals surface area contributed by atoms with Gasteiger partial charge in [-0.25, -0.2) is 0 Å². The number of oxazole rings is 1. The number of hydrogen-bond acceptors (Lipinski definition) is 6. The quantitative estimate of drug-likeness (QED) is 0.837. The first-order valence-corrected chi connectivity index (χ1v) is 8.29. The first kappa shape index (κ1) is 16.3. The van der Waals surface area contributed by atoms with Crippen LogP contribution in [0.15, 0.2) is 28.7 Å². The second-order valence-electron chi connectivity index (χ2n) is 5.70. The standard InChI is InChI=1S/C18H21N3O3/c1-2-9-22-14-7-5-13(6-8-14)17-21-16(11-19)18(24-17)20-12-15-4-3-10-23-15/h5-8,15,20H,2-4,9-10,12H2,1H3/t15-/m0/s1. The summed E-state index contributed by atoms with van der Waals surface area (Å²) in [6.07, 6.45) is 3.23. The van der Waals surface area contributed by atoms with Crippen LogP contribution in [-0.2, 0) is 4.74 Å². The van der Waals surface area contributed by atoms with E-state index in [-0.39, 0.29) is 11.8 Å². The van der Waals surface area contributed by atoms with Gasteiger partial charge in [0.2, 0.25) is 17.5 Å². The Kier molecular flexibility index (Phi) is 5.34. The summed E-state index contributed by atoms with van der Waals surface area (Å²) in [4.78, 5) is 4.26. The highest BCUT2D eigenvalue weighted by Crippen LogP contribution is 2.27. The highest BCUT2D eigenvalue weighted by atomic mass is 16.5. The van der Waals surface area contributed by atoms with Gasteiger partial charge >= 0.3 is 0 Å². The van der Waals surface area contributed by atoms with E-state index in [0.717, 1.165) is 37.2 Å². The van der Waals surface area contributed by atoms with Crippen LogP contribution >= 0.6 is 0 Å². The van der Waals surface area contributed by atoms with Gasteiger partial charge in [-0.1, -0.05) is 6.92 Å². The van der Waals surface area contributed by atoms with E-state index in [4.69, 9.17) is 13.9 Å². The second kappa shape index (κ2) is 7.84. The minimum atomic E-state index is 0.167. The summed E-state index contributed by atoms with van der Waals surface area (Å²) < 4.78 is 16.9. The lowest BCUT2D eigenvalue weighted by molar-refractivity contribution is 0.120.